The molecule has 1 aromatic carbocycles. The minimum Gasteiger partial charge on any atom is -0.351 e. The van der Waals surface area contributed by atoms with E-state index in [9.17, 15) is 4.79 Å². The van der Waals surface area contributed by atoms with Gasteiger partial charge in [-0.1, -0.05) is 11.6 Å². The molecule has 0 aromatic heterocycles. The summed E-state index contributed by atoms with van der Waals surface area (Å²) in [6.07, 6.45) is -0.425. The fraction of sp³-hybridized carbons (Fsp3) is 0.462. The molecule has 2 N–H and O–H groups in total. The summed E-state index contributed by atoms with van der Waals surface area (Å²) >= 11 is 5.76. The average Bonchev–Trinajstić information content (AvgIpc) is 2.39. The lowest BCUT2D eigenvalue weighted by molar-refractivity contribution is -0.131. The first-order chi connectivity index (χ1) is 9.15. The van der Waals surface area contributed by atoms with E-state index in [1.807, 2.05) is 13.8 Å². The Kier molecular flexibility index (Phi) is 7.25. The van der Waals surface area contributed by atoms with Crippen LogP contribution >= 0.6 is 11.6 Å². The topological polar surface area (TPSA) is 59.6 Å². The molecule has 0 aliphatic heterocycles. The maximum atomic E-state index is 11.6. The molecule has 5 nitrogen and oxygen atoms in total. The molecule has 0 fully saturated rings. The predicted octanol–water partition coefficient (Wildman–Crippen LogP) is 2.86. The van der Waals surface area contributed by atoms with E-state index in [4.69, 9.17) is 21.1 Å². The van der Waals surface area contributed by atoms with Gasteiger partial charge in [0.1, 0.15) is 0 Å². The third kappa shape index (κ3) is 6.42. The monoisotopic (exact) mass is 286 g/mol. The number of carbonyl (C=O) groups excluding carboxylic acids is 1. The van der Waals surface area contributed by atoms with Gasteiger partial charge in [0.2, 0.25) is 0 Å². The normalized spacial score (nSPS) is 10.5. The molecule has 0 aliphatic carbocycles. The number of amides is 2. The SMILES string of the molecule is CCOC(CNC(=O)Nc1ccc(Cl)cc1)OCC. The lowest BCUT2D eigenvalue weighted by atomic mass is 10.3. The first kappa shape index (κ1) is 15.8. The Bertz CT molecular complexity index is 378. The van der Waals surface area contributed by atoms with E-state index in [0.29, 0.717) is 30.5 Å². The Labute approximate surface area is 118 Å². The Morgan fingerprint density at radius 3 is 2.32 bits per heavy atom. The molecular formula is C13H19ClN2O3. The first-order valence-corrected chi connectivity index (χ1v) is 6.57. The maximum Gasteiger partial charge on any atom is 0.319 e. The number of nitrogens with one attached hydrogen (secondary N) is 2. The first-order valence-electron chi connectivity index (χ1n) is 6.19. The van der Waals surface area contributed by atoms with Crippen LogP contribution in [0.5, 0.6) is 0 Å². The summed E-state index contributed by atoms with van der Waals surface area (Å²) in [5, 5.41) is 6.00. The highest BCUT2D eigenvalue weighted by Crippen LogP contribution is 2.12. The molecule has 0 aliphatic rings. The van der Waals surface area contributed by atoms with Gasteiger partial charge < -0.3 is 20.1 Å². The van der Waals surface area contributed by atoms with Crippen LogP contribution in [-0.4, -0.2) is 32.1 Å². The molecule has 0 atom stereocenters. The Balaban J connectivity index is 2.35. The van der Waals surface area contributed by atoms with Crippen molar-refractivity contribution in [3.63, 3.8) is 0 Å². The van der Waals surface area contributed by atoms with Crippen molar-refractivity contribution in [3.8, 4) is 0 Å². The van der Waals surface area contributed by atoms with Crippen LogP contribution in [0.1, 0.15) is 13.8 Å². The van der Waals surface area contributed by atoms with E-state index < -0.39 is 6.29 Å². The lowest BCUT2D eigenvalue weighted by Crippen LogP contribution is -2.37. The molecule has 0 saturated heterocycles. The molecule has 2 amide bonds. The minimum atomic E-state index is -0.425. The number of hydrogen-bond donors (Lipinski definition) is 2. The molecule has 1 rings (SSSR count). The number of ether oxygens (including phenoxy) is 2. The van der Waals surface area contributed by atoms with Crippen LogP contribution in [-0.2, 0) is 9.47 Å². The van der Waals surface area contributed by atoms with Crippen molar-refractivity contribution >= 4 is 23.3 Å². The van der Waals surface area contributed by atoms with Gasteiger partial charge in [-0.2, -0.15) is 0 Å². The van der Waals surface area contributed by atoms with Crippen LogP contribution in [0.25, 0.3) is 0 Å². The highest BCUT2D eigenvalue weighted by molar-refractivity contribution is 6.30. The Morgan fingerprint density at radius 2 is 1.79 bits per heavy atom. The minimum absolute atomic E-state index is 0.293. The van der Waals surface area contributed by atoms with E-state index >= 15 is 0 Å². The van der Waals surface area contributed by atoms with Gasteiger partial charge >= 0.3 is 6.03 Å². The van der Waals surface area contributed by atoms with Crippen molar-refractivity contribution in [1.29, 1.82) is 0 Å². The third-order valence-electron chi connectivity index (χ3n) is 2.24. The second-order valence-electron chi connectivity index (χ2n) is 3.68. The number of anilines is 1. The number of benzene rings is 1. The number of hydrogen-bond acceptors (Lipinski definition) is 3. The summed E-state index contributed by atoms with van der Waals surface area (Å²) in [4.78, 5) is 11.6. The van der Waals surface area contributed by atoms with Crippen LogP contribution < -0.4 is 10.6 Å². The molecule has 6 heteroatoms. The van der Waals surface area contributed by atoms with Gasteiger partial charge in [-0.25, -0.2) is 4.79 Å². The highest BCUT2D eigenvalue weighted by Gasteiger charge is 2.09. The Hall–Kier alpha value is -1.30. The summed E-state index contributed by atoms with van der Waals surface area (Å²) in [5.41, 5.74) is 0.672. The zero-order valence-electron chi connectivity index (χ0n) is 11.1. The largest absolute Gasteiger partial charge is 0.351 e. The van der Waals surface area contributed by atoms with Gasteiger partial charge in [0.25, 0.3) is 0 Å². The van der Waals surface area contributed by atoms with E-state index in [-0.39, 0.29) is 6.03 Å². The van der Waals surface area contributed by atoms with Crippen molar-refractivity contribution in [3.05, 3.63) is 29.3 Å². The van der Waals surface area contributed by atoms with E-state index in [2.05, 4.69) is 10.6 Å². The van der Waals surface area contributed by atoms with Crippen LogP contribution in [0, 0.1) is 0 Å². The van der Waals surface area contributed by atoms with Crippen molar-refractivity contribution in [1.82, 2.24) is 5.32 Å². The number of urea groups is 1. The van der Waals surface area contributed by atoms with E-state index in [0.717, 1.165) is 0 Å². The van der Waals surface area contributed by atoms with Gasteiger partial charge in [0.15, 0.2) is 6.29 Å². The lowest BCUT2D eigenvalue weighted by Gasteiger charge is -2.17. The number of carbonyl (C=O) groups is 1. The molecule has 0 radical (unpaired) electrons. The van der Waals surface area contributed by atoms with E-state index in [1.165, 1.54) is 0 Å². The second kappa shape index (κ2) is 8.74. The van der Waals surface area contributed by atoms with Crippen LogP contribution in [0.4, 0.5) is 10.5 Å². The van der Waals surface area contributed by atoms with Crippen LogP contribution in [0.2, 0.25) is 5.02 Å². The number of halogens is 1. The zero-order valence-corrected chi connectivity index (χ0v) is 11.9. The predicted molar refractivity (Wildman–Crippen MR) is 75.5 cm³/mol. The average molecular weight is 287 g/mol. The molecule has 0 unspecified atom stereocenters. The molecule has 0 saturated carbocycles. The van der Waals surface area contributed by atoms with Crippen molar-refractivity contribution in [2.75, 3.05) is 25.1 Å². The van der Waals surface area contributed by atoms with Gasteiger partial charge in [0, 0.05) is 23.9 Å². The molecule has 1 aromatic rings. The second-order valence-corrected chi connectivity index (χ2v) is 4.12. The molecule has 0 spiro atoms. The molecule has 106 valence electrons. The Morgan fingerprint density at radius 1 is 1.21 bits per heavy atom. The molecule has 0 bridgehead atoms. The van der Waals surface area contributed by atoms with Gasteiger partial charge in [-0.3, -0.25) is 0 Å². The van der Waals surface area contributed by atoms with Crippen LogP contribution in [0.3, 0.4) is 0 Å². The highest BCUT2D eigenvalue weighted by atomic mass is 35.5. The maximum absolute atomic E-state index is 11.6. The third-order valence-corrected chi connectivity index (χ3v) is 2.49. The molecule has 0 heterocycles. The molecule has 19 heavy (non-hydrogen) atoms. The number of rotatable bonds is 7. The fourth-order valence-corrected chi connectivity index (χ4v) is 1.55. The van der Waals surface area contributed by atoms with Crippen molar-refractivity contribution in [2.24, 2.45) is 0 Å². The fourth-order valence-electron chi connectivity index (χ4n) is 1.42. The smallest absolute Gasteiger partial charge is 0.319 e. The van der Waals surface area contributed by atoms with E-state index in [1.54, 1.807) is 24.3 Å². The van der Waals surface area contributed by atoms with Crippen LogP contribution in [0.15, 0.2) is 24.3 Å². The van der Waals surface area contributed by atoms with Gasteiger partial charge in [-0.15, -0.1) is 0 Å². The van der Waals surface area contributed by atoms with Gasteiger partial charge in [-0.05, 0) is 38.1 Å². The quantitative estimate of drug-likeness (QED) is 0.758. The standard InChI is InChI=1S/C13H19ClN2O3/c1-3-18-12(19-4-2)9-15-13(17)16-11-7-5-10(14)6-8-11/h5-8,12H,3-4,9H2,1-2H3,(H2,15,16,17). The zero-order chi connectivity index (χ0) is 14.1. The van der Waals surface area contributed by atoms with Gasteiger partial charge in [0.05, 0.1) is 6.54 Å². The summed E-state index contributed by atoms with van der Waals surface area (Å²) in [7, 11) is 0. The van der Waals surface area contributed by atoms with Crippen molar-refractivity contribution < 1.29 is 14.3 Å². The summed E-state index contributed by atoms with van der Waals surface area (Å²) < 4.78 is 10.6. The summed E-state index contributed by atoms with van der Waals surface area (Å²) in [6, 6.07) is 6.56. The van der Waals surface area contributed by atoms with Crippen molar-refractivity contribution in [2.45, 2.75) is 20.1 Å². The summed E-state index contributed by atoms with van der Waals surface area (Å²) in [5.74, 6) is 0. The summed E-state index contributed by atoms with van der Waals surface area (Å²) in [6.45, 7) is 5.11. The molecular weight excluding hydrogens is 268 g/mol.